The van der Waals surface area contributed by atoms with Gasteiger partial charge in [0.2, 0.25) is 0 Å². The van der Waals surface area contributed by atoms with Crippen LogP contribution in [0.3, 0.4) is 0 Å². The Hall–Kier alpha value is -0.890. The van der Waals surface area contributed by atoms with Gasteiger partial charge < -0.3 is 4.74 Å². The second-order valence-electron chi connectivity index (χ2n) is 3.14. The molecule has 0 fully saturated rings. The number of aryl methyl sites for hydroxylation is 2. The fourth-order valence-corrected chi connectivity index (χ4v) is 1.31. The number of rotatable bonds is 4. The second kappa shape index (κ2) is 4.97. The van der Waals surface area contributed by atoms with E-state index in [-0.39, 0.29) is 0 Å². The molecule has 13 heavy (non-hydrogen) atoms. The van der Waals surface area contributed by atoms with E-state index in [0.29, 0.717) is 6.73 Å². The first-order valence-electron chi connectivity index (χ1n) is 4.84. The molecule has 0 N–H and O–H groups in total. The first-order valence-corrected chi connectivity index (χ1v) is 4.84. The molecule has 0 saturated heterocycles. The Morgan fingerprint density at radius 3 is 2.77 bits per heavy atom. The third kappa shape index (κ3) is 2.81. The maximum absolute atomic E-state index is 5.32. The Morgan fingerprint density at radius 2 is 2.15 bits per heavy atom. The Balaban J connectivity index is 2.74. The Kier molecular flexibility index (Phi) is 3.90. The molecule has 0 bridgehead atoms. The molecule has 1 aromatic rings. The van der Waals surface area contributed by atoms with Crippen LogP contribution in [-0.4, -0.2) is 6.61 Å². The van der Waals surface area contributed by atoms with Crippen LogP contribution in [0.5, 0.6) is 0 Å². The van der Waals surface area contributed by atoms with Crippen molar-refractivity contribution in [1.82, 2.24) is 0 Å². The van der Waals surface area contributed by atoms with Gasteiger partial charge in [0.15, 0.2) is 12.4 Å². The summed E-state index contributed by atoms with van der Waals surface area (Å²) in [5, 5.41) is 0. The van der Waals surface area contributed by atoms with Gasteiger partial charge in [0, 0.05) is 11.6 Å². The highest BCUT2D eigenvalue weighted by molar-refractivity contribution is 5.18. The molecule has 1 aromatic heterocycles. The summed E-state index contributed by atoms with van der Waals surface area (Å²) in [4.78, 5) is 0. The molecule has 0 spiro atoms. The van der Waals surface area contributed by atoms with Crippen molar-refractivity contribution in [3.8, 4) is 0 Å². The smallest absolute Gasteiger partial charge is 0.252 e. The molecule has 1 heterocycles. The van der Waals surface area contributed by atoms with E-state index in [1.165, 1.54) is 11.1 Å². The van der Waals surface area contributed by atoms with Crippen molar-refractivity contribution < 1.29 is 9.30 Å². The van der Waals surface area contributed by atoms with E-state index >= 15 is 0 Å². The molecule has 0 aliphatic heterocycles. The van der Waals surface area contributed by atoms with Gasteiger partial charge in [0.1, 0.15) is 0 Å². The third-order valence-corrected chi connectivity index (χ3v) is 2.17. The van der Waals surface area contributed by atoms with Crippen LogP contribution < -0.4 is 4.57 Å². The Labute approximate surface area is 80.2 Å². The summed E-state index contributed by atoms with van der Waals surface area (Å²) in [5.41, 5.74) is 2.75. The summed E-state index contributed by atoms with van der Waals surface area (Å²) in [6.07, 6.45) is 5.30. The molecule has 2 nitrogen and oxygen atoms in total. The maximum Gasteiger partial charge on any atom is 0.252 e. The van der Waals surface area contributed by atoms with Crippen LogP contribution >= 0.6 is 0 Å². The van der Waals surface area contributed by atoms with Crippen LogP contribution in [0.1, 0.15) is 25.0 Å². The van der Waals surface area contributed by atoms with Crippen molar-refractivity contribution in [2.24, 2.45) is 0 Å². The lowest BCUT2D eigenvalue weighted by Gasteiger charge is -2.01. The maximum atomic E-state index is 5.32. The largest absolute Gasteiger partial charge is 0.324 e. The molecule has 2 heteroatoms. The molecular formula is C11H18NO+. The minimum atomic E-state index is 0.657. The molecule has 0 aliphatic rings. The number of hydrogen-bond acceptors (Lipinski definition) is 1. The van der Waals surface area contributed by atoms with Crippen LogP contribution in [0.25, 0.3) is 0 Å². The van der Waals surface area contributed by atoms with E-state index in [1.54, 1.807) is 0 Å². The standard InChI is InChI=1S/C11H18NO/c1-4-11-8-12(9-13-5-2)7-6-10(11)3/h6-8H,4-5,9H2,1-3H3/q+1. The van der Waals surface area contributed by atoms with E-state index in [2.05, 4.69) is 36.9 Å². The van der Waals surface area contributed by atoms with Crippen molar-refractivity contribution in [1.29, 1.82) is 0 Å². The first kappa shape index (κ1) is 10.2. The lowest BCUT2D eigenvalue weighted by molar-refractivity contribution is -0.732. The SMILES string of the molecule is CCOC[n+]1ccc(C)c(CC)c1. The number of pyridine rings is 1. The van der Waals surface area contributed by atoms with Crippen molar-refractivity contribution >= 4 is 0 Å². The van der Waals surface area contributed by atoms with E-state index in [4.69, 9.17) is 4.74 Å². The van der Waals surface area contributed by atoms with Gasteiger partial charge in [-0.25, -0.2) is 0 Å². The average Bonchev–Trinajstić information content (AvgIpc) is 2.16. The summed E-state index contributed by atoms with van der Waals surface area (Å²) in [6.45, 7) is 7.75. The van der Waals surface area contributed by atoms with Crippen LogP contribution in [0.2, 0.25) is 0 Å². The van der Waals surface area contributed by atoms with Crippen molar-refractivity contribution in [2.75, 3.05) is 6.61 Å². The number of nitrogens with zero attached hydrogens (tertiary/aromatic N) is 1. The molecule has 1 rings (SSSR count). The number of ether oxygens (including phenoxy) is 1. The van der Waals surface area contributed by atoms with Gasteiger partial charge in [0.05, 0.1) is 6.61 Å². The lowest BCUT2D eigenvalue weighted by Crippen LogP contribution is -2.35. The molecule has 0 aliphatic carbocycles. The predicted molar refractivity (Wildman–Crippen MR) is 52.4 cm³/mol. The predicted octanol–water partition coefficient (Wildman–Crippen LogP) is 1.84. The van der Waals surface area contributed by atoms with Gasteiger partial charge in [-0.3, -0.25) is 0 Å². The van der Waals surface area contributed by atoms with Gasteiger partial charge >= 0.3 is 0 Å². The molecule has 0 unspecified atom stereocenters. The molecule has 72 valence electrons. The first-order chi connectivity index (χ1) is 6.27. The minimum Gasteiger partial charge on any atom is -0.324 e. The molecule has 0 saturated carbocycles. The summed E-state index contributed by atoms with van der Waals surface area (Å²) < 4.78 is 7.40. The minimum absolute atomic E-state index is 0.657. The van der Waals surface area contributed by atoms with E-state index in [0.717, 1.165) is 13.0 Å². The van der Waals surface area contributed by atoms with E-state index in [9.17, 15) is 0 Å². The average molecular weight is 180 g/mol. The number of aromatic nitrogens is 1. The summed E-state index contributed by atoms with van der Waals surface area (Å²) in [6, 6.07) is 2.14. The fourth-order valence-electron chi connectivity index (χ4n) is 1.31. The highest BCUT2D eigenvalue weighted by Gasteiger charge is 2.03. The van der Waals surface area contributed by atoms with Crippen molar-refractivity contribution in [2.45, 2.75) is 33.9 Å². The number of hydrogen-bond donors (Lipinski definition) is 0. The topological polar surface area (TPSA) is 13.1 Å². The zero-order valence-electron chi connectivity index (χ0n) is 8.71. The van der Waals surface area contributed by atoms with Crippen LogP contribution in [0, 0.1) is 6.92 Å². The molecule has 0 amide bonds. The van der Waals surface area contributed by atoms with Gasteiger partial charge in [-0.2, -0.15) is 4.57 Å². The highest BCUT2D eigenvalue weighted by Crippen LogP contribution is 2.03. The molecular weight excluding hydrogens is 162 g/mol. The van der Waals surface area contributed by atoms with Gasteiger partial charge in [0.25, 0.3) is 6.73 Å². The quantitative estimate of drug-likeness (QED) is 0.644. The van der Waals surface area contributed by atoms with E-state index in [1.807, 2.05) is 6.92 Å². The molecule has 0 radical (unpaired) electrons. The summed E-state index contributed by atoms with van der Waals surface area (Å²) >= 11 is 0. The zero-order valence-corrected chi connectivity index (χ0v) is 8.71. The fraction of sp³-hybridized carbons (Fsp3) is 0.545. The van der Waals surface area contributed by atoms with E-state index < -0.39 is 0 Å². The molecule has 0 aromatic carbocycles. The summed E-state index contributed by atoms with van der Waals surface area (Å²) in [7, 11) is 0. The second-order valence-corrected chi connectivity index (χ2v) is 3.14. The lowest BCUT2D eigenvalue weighted by atomic mass is 10.1. The zero-order chi connectivity index (χ0) is 9.68. The van der Waals surface area contributed by atoms with Crippen molar-refractivity contribution in [3.63, 3.8) is 0 Å². The van der Waals surface area contributed by atoms with Gasteiger partial charge in [-0.15, -0.1) is 0 Å². The van der Waals surface area contributed by atoms with Gasteiger partial charge in [-0.1, -0.05) is 6.92 Å². The van der Waals surface area contributed by atoms with Crippen molar-refractivity contribution in [3.05, 3.63) is 29.6 Å². The molecule has 0 atom stereocenters. The van der Waals surface area contributed by atoms with Gasteiger partial charge in [-0.05, 0) is 25.8 Å². The Bertz CT molecular complexity index is 271. The van der Waals surface area contributed by atoms with Crippen LogP contribution in [0.15, 0.2) is 18.5 Å². The van der Waals surface area contributed by atoms with Crippen LogP contribution in [0.4, 0.5) is 0 Å². The highest BCUT2D eigenvalue weighted by atomic mass is 16.5. The monoisotopic (exact) mass is 180 g/mol. The Morgan fingerprint density at radius 1 is 1.38 bits per heavy atom. The normalized spacial score (nSPS) is 10.4. The van der Waals surface area contributed by atoms with Crippen LogP contribution in [-0.2, 0) is 17.9 Å². The summed E-state index contributed by atoms with van der Waals surface area (Å²) in [5.74, 6) is 0. The third-order valence-electron chi connectivity index (χ3n) is 2.17.